The third-order valence-corrected chi connectivity index (χ3v) is 4.21. The van der Waals surface area contributed by atoms with Crippen LogP contribution in [-0.4, -0.2) is 22.0 Å². The average molecular weight is 282 g/mol. The molecule has 3 rings (SSSR count). The van der Waals surface area contributed by atoms with E-state index in [0.29, 0.717) is 6.04 Å². The minimum atomic E-state index is 0.378. The minimum Gasteiger partial charge on any atom is -0.313 e. The van der Waals surface area contributed by atoms with Gasteiger partial charge in [-0.05, 0) is 51.3 Å². The van der Waals surface area contributed by atoms with Crippen molar-refractivity contribution in [3.63, 3.8) is 0 Å². The maximum Gasteiger partial charge on any atom is 0.178 e. The Bertz CT molecular complexity index is 651. The molecule has 1 aliphatic carbocycles. The van der Waals surface area contributed by atoms with Gasteiger partial charge in [0.2, 0.25) is 0 Å². The Kier molecular flexibility index (Phi) is 3.97. The van der Waals surface area contributed by atoms with E-state index in [1.165, 1.54) is 29.7 Å². The first-order chi connectivity index (χ1) is 10.2. The quantitative estimate of drug-likeness (QED) is 0.860. The van der Waals surface area contributed by atoms with Gasteiger partial charge in [-0.25, -0.2) is 9.97 Å². The van der Waals surface area contributed by atoms with E-state index in [2.05, 4.69) is 35.2 Å². The first-order valence-electron chi connectivity index (χ1n) is 7.65. The van der Waals surface area contributed by atoms with Crippen LogP contribution in [0.3, 0.4) is 0 Å². The summed E-state index contributed by atoms with van der Waals surface area (Å²) in [5.74, 6) is 0.753. The summed E-state index contributed by atoms with van der Waals surface area (Å²) >= 11 is 0. The van der Waals surface area contributed by atoms with Crippen LogP contribution in [0.5, 0.6) is 0 Å². The van der Waals surface area contributed by atoms with Crippen molar-refractivity contribution in [3.8, 4) is 11.5 Å². The Hall–Kier alpha value is -1.81. The standard InChI is InChI=1S/C17H22N4/c1-11-8-12(2)16(19-9-11)17-20-10-13-14(18-3)6-4-5-7-15(13)21-17/h8-10,14,18H,4-7H2,1-3H3. The molecule has 1 unspecified atom stereocenters. The zero-order chi connectivity index (χ0) is 14.8. The van der Waals surface area contributed by atoms with Crippen molar-refractivity contribution < 1.29 is 0 Å². The summed E-state index contributed by atoms with van der Waals surface area (Å²) in [6.07, 6.45) is 8.50. The summed E-state index contributed by atoms with van der Waals surface area (Å²) in [6.45, 7) is 4.12. The molecular formula is C17H22N4. The van der Waals surface area contributed by atoms with Crippen LogP contribution in [0.15, 0.2) is 18.5 Å². The molecule has 21 heavy (non-hydrogen) atoms. The molecule has 1 N–H and O–H groups in total. The molecule has 2 aromatic heterocycles. The molecule has 0 saturated carbocycles. The predicted molar refractivity (Wildman–Crippen MR) is 84.1 cm³/mol. The summed E-state index contributed by atoms with van der Waals surface area (Å²) in [6, 6.07) is 2.51. The van der Waals surface area contributed by atoms with E-state index in [1.807, 2.05) is 19.4 Å². The van der Waals surface area contributed by atoms with Gasteiger partial charge >= 0.3 is 0 Å². The number of aryl methyl sites for hydroxylation is 3. The molecule has 0 aromatic carbocycles. The second-order valence-corrected chi connectivity index (χ2v) is 5.86. The van der Waals surface area contributed by atoms with Crippen LogP contribution in [0, 0.1) is 13.8 Å². The van der Waals surface area contributed by atoms with Gasteiger partial charge in [0.25, 0.3) is 0 Å². The summed E-state index contributed by atoms with van der Waals surface area (Å²) in [4.78, 5) is 13.9. The SMILES string of the molecule is CNC1CCCCc2nc(-c3ncc(C)cc3C)ncc21. The van der Waals surface area contributed by atoms with Gasteiger partial charge in [-0.1, -0.05) is 12.5 Å². The fraction of sp³-hybridized carbons (Fsp3) is 0.471. The number of nitrogens with one attached hydrogen (secondary N) is 1. The van der Waals surface area contributed by atoms with Crippen LogP contribution < -0.4 is 5.32 Å². The summed E-state index contributed by atoms with van der Waals surface area (Å²) < 4.78 is 0. The summed E-state index contributed by atoms with van der Waals surface area (Å²) in [5.41, 5.74) is 5.63. The van der Waals surface area contributed by atoms with Gasteiger partial charge in [0.05, 0.1) is 0 Å². The Morgan fingerprint density at radius 3 is 2.76 bits per heavy atom. The van der Waals surface area contributed by atoms with Crippen LogP contribution in [-0.2, 0) is 6.42 Å². The van der Waals surface area contributed by atoms with E-state index in [0.717, 1.165) is 29.9 Å². The minimum absolute atomic E-state index is 0.378. The van der Waals surface area contributed by atoms with Crippen molar-refractivity contribution >= 4 is 0 Å². The Morgan fingerprint density at radius 2 is 2.00 bits per heavy atom. The van der Waals surface area contributed by atoms with Crippen molar-refractivity contribution in [2.24, 2.45) is 0 Å². The van der Waals surface area contributed by atoms with Crippen LogP contribution in [0.2, 0.25) is 0 Å². The van der Waals surface area contributed by atoms with Crippen molar-refractivity contribution in [2.45, 2.75) is 45.6 Å². The van der Waals surface area contributed by atoms with Crippen molar-refractivity contribution in [1.82, 2.24) is 20.3 Å². The van der Waals surface area contributed by atoms with Crippen LogP contribution >= 0.6 is 0 Å². The fourth-order valence-electron chi connectivity index (χ4n) is 3.08. The van der Waals surface area contributed by atoms with E-state index in [1.54, 1.807) is 0 Å². The predicted octanol–water partition coefficient (Wildman–Crippen LogP) is 3.14. The van der Waals surface area contributed by atoms with Crippen molar-refractivity contribution in [2.75, 3.05) is 7.05 Å². The molecule has 4 nitrogen and oxygen atoms in total. The molecule has 0 radical (unpaired) electrons. The first kappa shape index (κ1) is 14.1. The number of nitrogens with zero attached hydrogens (tertiary/aromatic N) is 3. The average Bonchev–Trinajstić information content (AvgIpc) is 2.68. The largest absolute Gasteiger partial charge is 0.313 e. The van der Waals surface area contributed by atoms with Gasteiger partial charge in [-0.3, -0.25) is 4.98 Å². The van der Waals surface area contributed by atoms with Crippen LogP contribution in [0.25, 0.3) is 11.5 Å². The van der Waals surface area contributed by atoms with Gasteiger partial charge in [-0.2, -0.15) is 0 Å². The van der Waals surface area contributed by atoms with Crippen LogP contribution in [0.4, 0.5) is 0 Å². The maximum absolute atomic E-state index is 4.82. The van der Waals surface area contributed by atoms with Crippen LogP contribution in [0.1, 0.15) is 47.7 Å². The highest BCUT2D eigenvalue weighted by molar-refractivity contribution is 5.55. The topological polar surface area (TPSA) is 50.7 Å². The molecule has 0 aliphatic heterocycles. The molecule has 0 bridgehead atoms. The Balaban J connectivity index is 2.04. The highest BCUT2D eigenvalue weighted by Crippen LogP contribution is 2.28. The van der Waals surface area contributed by atoms with Gasteiger partial charge in [0.15, 0.2) is 5.82 Å². The lowest BCUT2D eigenvalue weighted by molar-refractivity contribution is 0.532. The number of hydrogen-bond donors (Lipinski definition) is 1. The first-order valence-corrected chi connectivity index (χ1v) is 7.65. The smallest absolute Gasteiger partial charge is 0.178 e. The lowest BCUT2D eigenvalue weighted by Crippen LogP contribution is -2.17. The Morgan fingerprint density at radius 1 is 1.14 bits per heavy atom. The monoisotopic (exact) mass is 282 g/mol. The number of pyridine rings is 1. The second-order valence-electron chi connectivity index (χ2n) is 5.86. The third kappa shape index (κ3) is 2.81. The van der Waals surface area contributed by atoms with Gasteiger partial charge in [0, 0.05) is 29.7 Å². The molecule has 0 amide bonds. The number of hydrogen-bond acceptors (Lipinski definition) is 4. The molecule has 0 spiro atoms. The number of aromatic nitrogens is 3. The second kappa shape index (κ2) is 5.90. The zero-order valence-electron chi connectivity index (χ0n) is 13.0. The molecule has 4 heteroatoms. The molecule has 1 atom stereocenters. The Labute approximate surface area is 126 Å². The fourth-order valence-corrected chi connectivity index (χ4v) is 3.08. The van der Waals surface area contributed by atoms with Gasteiger partial charge < -0.3 is 5.32 Å². The third-order valence-electron chi connectivity index (χ3n) is 4.21. The van der Waals surface area contributed by atoms with Gasteiger partial charge in [0.1, 0.15) is 5.69 Å². The molecule has 2 heterocycles. The van der Waals surface area contributed by atoms with E-state index >= 15 is 0 Å². The molecule has 0 saturated heterocycles. The van der Waals surface area contributed by atoms with E-state index in [-0.39, 0.29) is 0 Å². The normalized spacial score (nSPS) is 18.1. The van der Waals surface area contributed by atoms with Gasteiger partial charge in [-0.15, -0.1) is 0 Å². The lowest BCUT2D eigenvalue weighted by Gasteiger charge is -2.16. The van der Waals surface area contributed by atoms with Crippen molar-refractivity contribution in [1.29, 1.82) is 0 Å². The highest BCUT2D eigenvalue weighted by atomic mass is 14.9. The molecular weight excluding hydrogens is 260 g/mol. The van der Waals surface area contributed by atoms with E-state index in [9.17, 15) is 0 Å². The molecule has 1 aliphatic rings. The molecule has 2 aromatic rings. The van der Waals surface area contributed by atoms with E-state index < -0.39 is 0 Å². The van der Waals surface area contributed by atoms with Crippen molar-refractivity contribution in [3.05, 3.63) is 40.8 Å². The maximum atomic E-state index is 4.82. The number of fused-ring (bicyclic) bond motifs is 1. The molecule has 0 fully saturated rings. The highest BCUT2D eigenvalue weighted by Gasteiger charge is 2.20. The lowest BCUT2D eigenvalue weighted by atomic mass is 10.0. The number of rotatable bonds is 2. The zero-order valence-corrected chi connectivity index (χ0v) is 13.0. The van der Waals surface area contributed by atoms with E-state index in [4.69, 9.17) is 4.98 Å². The summed E-state index contributed by atoms with van der Waals surface area (Å²) in [5, 5.41) is 3.38. The summed E-state index contributed by atoms with van der Waals surface area (Å²) in [7, 11) is 2.01. The molecule has 110 valence electrons.